The van der Waals surface area contributed by atoms with E-state index in [2.05, 4.69) is 57.2 Å². The molecule has 3 N–H and O–H groups in total. The molecule has 0 amide bonds. The average molecular weight is 1030 g/mol. The Bertz CT molecular complexity index is 1410. The molecule has 12 nitrogen and oxygen atoms in total. The van der Waals surface area contributed by atoms with Crippen LogP contribution in [0.15, 0.2) is 36.5 Å². The number of hydrogen-bond donors (Lipinski definition) is 3. The molecule has 12 heteroatoms. The quantitative estimate of drug-likeness (QED) is 0.0228. The van der Waals surface area contributed by atoms with Gasteiger partial charge in [0.05, 0.1) is 6.61 Å². The Kier molecular flexibility index (Phi) is 46.4. The SMILES string of the molecule is CC/C=C\C/C=C\C/C=C\CCCCCCCCCC(=O)OCC(COC1OC(C(=O)O)C(O)C(O)C1OC(=O)CCCCCCCCCCC)OC(=O)CCCCCCCCCCCCCCCCCCC. The molecule has 1 aliphatic heterocycles. The fourth-order valence-electron chi connectivity index (χ4n) is 9.15. The predicted molar refractivity (Wildman–Crippen MR) is 294 cm³/mol. The Labute approximate surface area is 444 Å². The first-order chi connectivity index (χ1) is 35.6. The molecule has 0 radical (unpaired) electrons. The Morgan fingerprint density at radius 3 is 1.32 bits per heavy atom. The maximum atomic E-state index is 13.1. The third kappa shape index (κ3) is 39.9. The molecule has 424 valence electrons. The lowest BCUT2D eigenvalue weighted by Gasteiger charge is -2.40. The Morgan fingerprint density at radius 1 is 0.466 bits per heavy atom. The van der Waals surface area contributed by atoms with Crippen molar-refractivity contribution >= 4 is 23.9 Å². The van der Waals surface area contributed by atoms with Gasteiger partial charge in [0.25, 0.3) is 0 Å². The van der Waals surface area contributed by atoms with Crippen molar-refractivity contribution in [2.75, 3.05) is 13.2 Å². The maximum absolute atomic E-state index is 13.1. The summed E-state index contributed by atoms with van der Waals surface area (Å²) in [6, 6.07) is 0. The van der Waals surface area contributed by atoms with Crippen LogP contribution < -0.4 is 0 Å². The molecule has 1 saturated heterocycles. The van der Waals surface area contributed by atoms with Gasteiger partial charge < -0.3 is 39.0 Å². The van der Waals surface area contributed by atoms with Gasteiger partial charge in [0, 0.05) is 19.3 Å². The summed E-state index contributed by atoms with van der Waals surface area (Å²) in [5, 5.41) is 31.4. The van der Waals surface area contributed by atoms with Crippen LogP contribution in [0.25, 0.3) is 0 Å². The number of unbranched alkanes of at least 4 members (excludes halogenated alkanes) is 31. The molecule has 73 heavy (non-hydrogen) atoms. The van der Waals surface area contributed by atoms with Crippen molar-refractivity contribution in [2.24, 2.45) is 0 Å². The maximum Gasteiger partial charge on any atom is 0.335 e. The summed E-state index contributed by atoms with van der Waals surface area (Å²) in [4.78, 5) is 51.0. The van der Waals surface area contributed by atoms with Crippen LogP contribution in [-0.2, 0) is 42.9 Å². The van der Waals surface area contributed by atoms with Gasteiger partial charge in [-0.1, -0.05) is 243 Å². The minimum absolute atomic E-state index is 0.0636. The second-order valence-corrected chi connectivity index (χ2v) is 20.6. The lowest BCUT2D eigenvalue weighted by atomic mass is 9.98. The van der Waals surface area contributed by atoms with Crippen molar-refractivity contribution in [3.63, 3.8) is 0 Å². The van der Waals surface area contributed by atoms with Gasteiger partial charge in [0.1, 0.15) is 18.8 Å². The van der Waals surface area contributed by atoms with Gasteiger partial charge in [-0.15, -0.1) is 0 Å². The highest BCUT2D eigenvalue weighted by atomic mass is 16.7. The lowest BCUT2D eigenvalue weighted by molar-refractivity contribution is -0.301. The summed E-state index contributed by atoms with van der Waals surface area (Å²) in [6.07, 6.45) is 45.6. The molecule has 6 unspecified atom stereocenters. The average Bonchev–Trinajstić information content (AvgIpc) is 3.37. The topological polar surface area (TPSA) is 175 Å². The van der Waals surface area contributed by atoms with Crippen molar-refractivity contribution in [2.45, 2.75) is 314 Å². The minimum atomic E-state index is -1.90. The zero-order chi connectivity index (χ0) is 53.3. The van der Waals surface area contributed by atoms with Crippen molar-refractivity contribution in [3.8, 4) is 0 Å². The molecule has 0 bridgehead atoms. The van der Waals surface area contributed by atoms with Crippen LogP contribution in [-0.4, -0.2) is 89.2 Å². The van der Waals surface area contributed by atoms with E-state index in [9.17, 15) is 34.5 Å². The van der Waals surface area contributed by atoms with E-state index < -0.39 is 67.3 Å². The smallest absolute Gasteiger partial charge is 0.335 e. The van der Waals surface area contributed by atoms with Crippen molar-refractivity contribution in [1.29, 1.82) is 0 Å². The number of hydrogen-bond acceptors (Lipinski definition) is 11. The predicted octanol–water partition coefficient (Wildman–Crippen LogP) is 15.2. The molecule has 0 aromatic carbocycles. The molecule has 1 heterocycles. The van der Waals surface area contributed by atoms with E-state index in [0.717, 1.165) is 96.3 Å². The summed E-state index contributed by atoms with van der Waals surface area (Å²) < 4.78 is 28.4. The number of aliphatic hydroxyl groups excluding tert-OH is 2. The van der Waals surface area contributed by atoms with Gasteiger partial charge in [-0.2, -0.15) is 0 Å². The zero-order valence-electron chi connectivity index (χ0n) is 46.6. The van der Waals surface area contributed by atoms with Gasteiger partial charge >= 0.3 is 23.9 Å². The third-order valence-corrected chi connectivity index (χ3v) is 13.7. The second kappa shape index (κ2) is 49.8. The highest BCUT2D eigenvalue weighted by molar-refractivity contribution is 5.74. The number of aliphatic carboxylic acids is 1. The Hall–Kier alpha value is -3.06. The standard InChI is InChI=1S/C61H108O12/c1-4-7-10-13-16-19-21-23-25-27-29-31-33-36-38-41-44-47-53(62)69-50-52(71-54(63)48-45-42-40-37-34-32-30-28-26-24-22-20-17-14-11-8-5-2)51-70-61-59(57(66)56(65)58(73-61)60(67)68)72-55(64)49-46-43-39-35-18-15-12-9-6-3/h7,10,16,19,23,25,52,56-59,61,65-66H,4-6,8-9,11-15,17-18,20-22,24,26-51H2,1-3H3,(H,67,68)/b10-7-,19-16-,25-23-. The summed E-state index contributed by atoms with van der Waals surface area (Å²) in [5.41, 5.74) is 0. The van der Waals surface area contributed by atoms with Gasteiger partial charge in [0.15, 0.2) is 24.6 Å². The number of carbonyl (C=O) groups is 4. The fraction of sp³-hybridized carbons (Fsp3) is 0.836. The Balaban J connectivity index is 2.65. The third-order valence-electron chi connectivity index (χ3n) is 13.7. The van der Waals surface area contributed by atoms with E-state index in [0.29, 0.717) is 19.3 Å². The van der Waals surface area contributed by atoms with E-state index in [4.69, 9.17) is 23.7 Å². The number of carboxylic acid groups (broad SMARTS) is 1. The normalized spacial score (nSPS) is 18.5. The van der Waals surface area contributed by atoms with E-state index in [1.807, 2.05) is 0 Å². The highest BCUT2D eigenvalue weighted by Crippen LogP contribution is 2.27. The van der Waals surface area contributed by atoms with Crippen LogP contribution >= 0.6 is 0 Å². The summed E-state index contributed by atoms with van der Waals surface area (Å²) in [6.45, 7) is 5.87. The molecular weight excluding hydrogens is 925 g/mol. The van der Waals surface area contributed by atoms with Gasteiger partial charge in [-0.3, -0.25) is 14.4 Å². The van der Waals surface area contributed by atoms with Crippen LogP contribution in [0.4, 0.5) is 0 Å². The first-order valence-corrected chi connectivity index (χ1v) is 30.0. The Morgan fingerprint density at radius 2 is 0.863 bits per heavy atom. The number of carboxylic acids is 1. The van der Waals surface area contributed by atoms with Crippen LogP contribution in [0.1, 0.15) is 278 Å². The van der Waals surface area contributed by atoms with E-state index in [-0.39, 0.29) is 25.9 Å². The second-order valence-electron chi connectivity index (χ2n) is 20.6. The molecule has 1 rings (SSSR count). The number of ether oxygens (including phenoxy) is 5. The fourth-order valence-corrected chi connectivity index (χ4v) is 9.15. The molecule has 0 aromatic heterocycles. The number of allylic oxidation sites excluding steroid dienone is 6. The molecule has 1 aliphatic rings. The lowest BCUT2D eigenvalue weighted by Crippen LogP contribution is -2.61. The van der Waals surface area contributed by atoms with Crippen LogP contribution in [0.2, 0.25) is 0 Å². The van der Waals surface area contributed by atoms with Gasteiger partial charge in [0.2, 0.25) is 0 Å². The molecule has 0 saturated carbocycles. The summed E-state index contributed by atoms with van der Waals surface area (Å²) in [7, 11) is 0. The number of esters is 3. The van der Waals surface area contributed by atoms with Crippen molar-refractivity contribution in [3.05, 3.63) is 36.5 Å². The van der Waals surface area contributed by atoms with E-state index >= 15 is 0 Å². The largest absolute Gasteiger partial charge is 0.479 e. The molecule has 0 spiro atoms. The minimum Gasteiger partial charge on any atom is -0.479 e. The summed E-state index contributed by atoms with van der Waals surface area (Å²) >= 11 is 0. The van der Waals surface area contributed by atoms with Gasteiger partial charge in [-0.05, 0) is 51.4 Å². The van der Waals surface area contributed by atoms with Crippen LogP contribution in [0.3, 0.4) is 0 Å². The van der Waals surface area contributed by atoms with Gasteiger partial charge in [-0.25, -0.2) is 4.79 Å². The molecular formula is C61H108O12. The van der Waals surface area contributed by atoms with E-state index in [1.54, 1.807) is 0 Å². The van der Waals surface area contributed by atoms with Crippen LogP contribution in [0, 0.1) is 0 Å². The molecule has 0 aromatic rings. The highest BCUT2D eigenvalue weighted by Gasteiger charge is 2.50. The van der Waals surface area contributed by atoms with Crippen molar-refractivity contribution in [1.82, 2.24) is 0 Å². The summed E-state index contributed by atoms with van der Waals surface area (Å²) in [5.74, 6) is -3.11. The molecule has 6 atom stereocenters. The molecule has 1 fully saturated rings. The number of rotatable bonds is 51. The molecule has 0 aliphatic carbocycles. The van der Waals surface area contributed by atoms with Crippen molar-refractivity contribution < 1.29 is 58.2 Å². The van der Waals surface area contributed by atoms with E-state index in [1.165, 1.54) is 122 Å². The first kappa shape index (κ1) is 68.0. The first-order valence-electron chi connectivity index (χ1n) is 30.0. The monoisotopic (exact) mass is 1030 g/mol. The zero-order valence-corrected chi connectivity index (χ0v) is 46.6. The number of aliphatic hydroxyl groups is 2. The van der Waals surface area contributed by atoms with Crippen LogP contribution in [0.5, 0.6) is 0 Å². The number of carbonyl (C=O) groups excluding carboxylic acids is 3.